The van der Waals surface area contributed by atoms with Gasteiger partial charge in [0.05, 0.1) is 5.69 Å². The number of esters is 1. The lowest BCUT2D eigenvalue weighted by atomic mass is 10.2. The summed E-state index contributed by atoms with van der Waals surface area (Å²) in [4.78, 5) is 12.1. The van der Waals surface area contributed by atoms with Crippen LogP contribution in [0.3, 0.4) is 0 Å². The van der Waals surface area contributed by atoms with Gasteiger partial charge < -0.3 is 15.0 Å². The molecule has 0 aliphatic carbocycles. The van der Waals surface area contributed by atoms with E-state index in [-0.39, 0.29) is 12.6 Å². The smallest absolute Gasteiger partial charge is 0.355 e. The van der Waals surface area contributed by atoms with Gasteiger partial charge >= 0.3 is 5.97 Å². The number of rotatable bonds is 5. The Hall–Kier alpha value is -1.75. The lowest BCUT2D eigenvalue weighted by Gasteiger charge is -2.08. The normalized spacial score (nSPS) is 10.5. The average Bonchev–Trinajstić information content (AvgIpc) is 2.78. The predicted molar refractivity (Wildman–Crippen MR) is 82.4 cm³/mol. The van der Waals surface area contributed by atoms with Gasteiger partial charge in [-0.25, -0.2) is 4.79 Å². The third kappa shape index (κ3) is 3.63. The maximum Gasteiger partial charge on any atom is 0.355 e. The number of halogens is 1. The summed E-state index contributed by atoms with van der Waals surface area (Å²) in [7, 11) is 0. The van der Waals surface area contributed by atoms with Crippen molar-refractivity contribution in [3.05, 3.63) is 52.3 Å². The topological polar surface area (TPSA) is 57.2 Å². The average molecular weight is 337 g/mol. The van der Waals surface area contributed by atoms with Crippen LogP contribution in [0.15, 0.2) is 41.0 Å². The molecule has 0 atom stereocenters. The van der Waals surface area contributed by atoms with Crippen molar-refractivity contribution in [1.82, 2.24) is 4.57 Å². The number of ether oxygens (including phenoxy) is 1. The molecule has 0 saturated heterocycles. The second-order valence-electron chi connectivity index (χ2n) is 4.56. The SMILES string of the molecule is CCCn1cc(N)cc1C(=O)OCc1cccc(Br)c1. The maximum absolute atomic E-state index is 12.1. The van der Waals surface area contributed by atoms with E-state index in [1.54, 1.807) is 12.3 Å². The summed E-state index contributed by atoms with van der Waals surface area (Å²) in [6.07, 6.45) is 2.69. The van der Waals surface area contributed by atoms with Crippen molar-refractivity contribution in [3.63, 3.8) is 0 Å². The number of nitrogen functional groups attached to an aromatic ring is 1. The molecule has 0 saturated carbocycles. The van der Waals surface area contributed by atoms with Crippen molar-refractivity contribution in [3.8, 4) is 0 Å². The quantitative estimate of drug-likeness (QED) is 0.848. The third-order valence-electron chi connectivity index (χ3n) is 2.85. The Balaban J connectivity index is 2.05. The van der Waals surface area contributed by atoms with E-state index < -0.39 is 0 Å². The molecule has 2 rings (SSSR count). The molecule has 106 valence electrons. The summed E-state index contributed by atoms with van der Waals surface area (Å²) < 4.78 is 8.13. The first-order valence-electron chi connectivity index (χ1n) is 6.47. The monoisotopic (exact) mass is 336 g/mol. The van der Waals surface area contributed by atoms with E-state index in [4.69, 9.17) is 10.5 Å². The molecule has 1 heterocycles. The fourth-order valence-corrected chi connectivity index (χ4v) is 2.43. The Morgan fingerprint density at radius 1 is 1.40 bits per heavy atom. The van der Waals surface area contributed by atoms with Crippen LogP contribution in [0.5, 0.6) is 0 Å². The predicted octanol–water partition coefficient (Wildman–Crippen LogP) is 3.60. The molecule has 2 N–H and O–H groups in total. The van der Waals surface area contributed by atoms with Crippen LogP contribution in [-0.2, 0) is 17.9 Å². The lowest BCUT2D eigenvalue weighted by molar-refractivity contribution is 0.0460. The number of nitrogens with zero attached hydrogens (tertiary/aromatic N) is 1. The van der Waals surface area contributed by atoms with Gasteiger partial charge in [0.2, 0.25) is 0 Å². The minimum absolute atomic E-state index is 0.246. The van der Waals surface area contributed by atoms with Gasteiger partial charge in [-0.2, -0.15) is 0 Å². The first-order valence-corrected chi connectivity index (χ1v) is 7.26. The van der Waals surface area contributed by atoms with Gasteiger partial charge in [0.15, 0.2) is 0 Å². The number of aromatic nitrogens is 1. The van der Waals surface area contributed by atoms with E-state index in [0.717, 1.165) is 23.0 Å². The lowest BCUT2D eigenvalue weighted by Crippen LogP contribution is -2.11. The number of nitrogens with two attached hydrogens (primary N) is 1. The van der Waals surface area contributed by atoms with Crippen LogP contribution in [0.4, 0.5) is 5.69 Å². The molecule has 0 aliphatic heterocycles. The van der Waals surface area contributed by atoms with Crippen molar-refractivity contribution >= 4 is 27.6 Å². The summed E-state index contributed by atoms with van der Waals surface area (Å²) in [5.74, 6) is -0.352. The maximum atomic E-state index is 12.1. The molecule has 1 aromatic carbocycles. The molecule has 0 amide bonds. The van der Waals surface area contributed by atoms with Gasteiger partial charge in [0.25, 0.3) is 0 Å². The van der Waals surface area contributed by atoms with Crippen molar-refractivity contribution in [2.24, 2.45) is 0 Å². The van der Waals surface area contributed by atoms with Gasteiger partial charge in [-0.3, -0.25) is 0 Å². The number of anilines is 1. The molecule has 0 fully saturated rings. The molecular weight excluding hydrogens is 320 g/mol. The van der Waals surface area contributed by atoms with E-state index in [9.17, 15) is 4.79 Å². The van der Waals surface area contributed by atoms with Gasteiger partial charge in [0, 0.05) is 17.2 Å². The van der Waals surface area contributed by atoms with Crippen molar-refractivity contribution in [1.29, 1.82) is 0 Å². The molecule has 5 heteroatoms. The van der Waals surface area contributed by atoms with Crippen LogP contribution in [0.1, 0.15) is 29.4 Å². The summed E-state index contributed by atoms with van der Waals surface area (Å²) in [5.41, 5.74) is 7.76. The van der Waals surface area contributed by atoms with Crippen LogP contribution in [-0.4, -0.2) is 10.5 Å². The highest BCUT2D eigenvalue weighted by molar-refractivity contribution is 9.10. The van der Waals surface area contributed by atoms with E-state index in [1.165, 1.54) is 0 Å². The largest absolute Gasteiger partial charge is 0.456 e. The highest BCUT2D eigenvalue weighted by Crippen LogP contribution is 2.15. The van der Waals surface area contributed by atoms with Crippen LogP contribution < -0.4 is 5.73 Å². The Morgan fingerprint density at radius 2 is 2.20 bits per heavy atom. The summed E-state index contributed by atoms with van der Waals surface area (Å²) >= 11 is 3.39. The summed E-state index contributed by atoms with van der Waals surface area (Å²) in [6.45, 7) is 3.04. The number of carbonyl (C=O) groups excluding carboxylic acids is 1. The molecule has 20 heavy (non-hydrogen) atoms. The van der Waals surface area contributed by atoms with Gasteiger partial charge in [-0.15, -0.1) is 0 Å². The van der Waals surface area contributed by atoms with E-state index in [2.05, 4.69) is 15.9 Å². The Morgan fingerprint density at radius 3 is 2.90 bits per heavy atom. The first kappa shape index (κ1) is 14.7. The molecule has 2 aromatic rings. The molecule has 0 unspecified atom stereocenters. The molecule has 0 bridgehead atoms. The molecule has 0 radical (unpaired) electrons. The second kappa shape index (κ2) is 6.61. The van der Waals surface area contributed by atoms with Crippen LogP contribution >= 0.6 is 15.9 Å². The number of carbonyl (C=O) groups is 1. The fourth-order valence-electron chi connectivity index (χ4n) is 1.98. The molecule has 4 nitrogen and oxygen atoms in total. The Bertz CT molecular complexity index is 608. The second-order valence-corrected chi connectivity index (χ2v) is 5.47. The summed E-state index contributed by atoms with van der Waals surface area (Å²) in [5, 5.41) is 0. The molecular formula is C15H17BrN2O2. The highest BCUT2D eigenvalue weighted by Gasteiger charge is 2.14. The standard InChI is InChI=1S/C15H17BrN2O2/c1-2-6-18-9-13(17)8-14(18)15(19)20-10-11-4-3-5-12(16)7-11/h3-5,7-9H,2,6,10,17H2,1H3. The van der Waals surface area contributed by atoms with Crippen molar-refractivity contribution in [2.75, 3.05) is 5.73 Å². The van der Waals surface area contributed by atoms with Crippen molar-refractivity contribution < 1.29 is 9.53 Å². The number of hydrogen-bond donors (Lipinski definition) is 1. The van der Waals surface area contributed by atoms with E-state index in [0.29, 0.717) is 11.4 Å². The van der Waals surface area contributed by atoms with Crippen LogP contribution in [0.2, 0.25) is 0 Å². The minimum atomic E-state index is -0.352. The number of hydrogen-bond acceptors (Lipinski definition) is 3. The zero-order valence-electron chi connectivity index (χ0n) is 11.3. The van der Waals surface area contributed by atoms with Gasteiger partial charge in [0.1, 0.15) is 12.3 Å². The van der Waals surface area contributed by atoms with E-state index in [1.807, 2.05) is 35.8 Å². The summed E-state index contributed by atoms with van der Waals surface area (Å²) in [6, 6.07) is 9.33. The molecule has 0 aliphatic rings. The zero-order valence-corrected chi connectivity index (χ0v) is 12.9. The van der Waals surface area contributed by atoms with Crippen LogP contribution in [0, 0.1) is 0 Å². The number of aryl methyl sites for hydroxylation is 1. The Kier molecular flexibility index (Phi) is 4.84. The molecule has 1 aromatic heterocycles. The highest BCUT2D eigenvalue weighted by atomic mass is 79.9. The van der Waals surface area contributed by atoms with Gasteiger partial charge in [-0.1, -0.05) is 35.0 Å². The van der Waals surface area contributed by atoms with Crippen molar-refractivity contribution in [2.45, 2.75) is 26.5 Å². The van der Waals surface area contributed by atoms with Gasteiger partial charge in [-0.05, 0) is 30.2 Å². The number of benzene rings is 1. The first-order chi connectivity index (χ1) is 9.60. The fraction of sp³-hybridized carbons (Fsp3) is 0.267. The minimum Gasteiger partial charge on any atom is -0.456 e. The van der Waals surface area contributed by atoms with Crippen LogP contribution in [0.25, 0.3) is 0 Å². The molecule has 0 spiro atoms. The Labute approximate surface area is 126 Å². The van der Waals surface area contributed by atoms with E-state index >= 15 is 0 Å². The zero-order chi connectivity index (χ0) is 14.5. The third-order valence-corrected chi connectivity index (χ3v) is 3.34.